The average Bonchev–Trinajstić information content (AvgIpc) is 3.04. The summed E-state index contributed by atoms with van der Waals surface area (Å²) in [7, 11) is 2.06. The number of piperidine rings is 1. The van der Waals surface area contributed by atoms with E-state index < -0.39 is 5.82 Å². The van der Waals surface area contributed by atoms with Crippen molar-refractivity contribution in [1.29, 1.82) is 0 Å². The van der Waals surface area contributed by atoms with E-state index in [0.717, 1.165) is 70.4 Å². The van der Waals surface area contributed by atoms with Gasteiger partial charge in [0.05, 0.1) is 32.2 Å². The van der Waals surface area contributed by atoms with Gasteiger partial charge in [-0.2, -0.15) is 0 Å². The van der Waals surface area contributed by atoms with Crippen molar-refractivity contribution in [2.45, 2.75) is 25.3 Å². The normalized spacial score (nSPS) is 19.8. The van der Waals surface area contributed by atoms with E-state index in [9.17, 15) is 4.39 Å². The fourth-order valence-electron chi connectivity index (χ4n) is 3.63. The Kier molecular flexibility index (Phi) is 5.07. The molecule has 26 heavy (non-hydrogen) atoms. The van der Waals surface area contributed by atoms with Gasteiger partial charge in [-0.1, -0.05) is 0 Å². The molecule has 2 fully saturated rings. The van der Waals surface area contributed by atoms with E-state index >= 15 is 0 Å². The lowest BCUT2D eigenvalue weighted by molar-refractivity contribution is 0.0326. The van der Waals surface area contributed by atoms with Crippen LogP contribution < -0.4 is 4.90 Å². The Labute approximate surface area is 152 Å². The van der Waals surface area contributed by atoms with Gasteiger partial charge in [0.25, 0.3) is 0 Å². The van der Waals surface area contributed by atoms with Crippen LogP contribution in [0.5, 0.6) is 0 Å². The highest BCUT2D eigenvalue weighted by Crippen LogP contribution is 2.28. The molecule has 0 aliphatic carbocycles. The SMILES string of the molecule is Cn1c(CN2CCOCC2)nnc1C1CCN(c2ncc(F)cn2)CC1. The van der Waals surface area contributed by atoms with Crippen molar-refractivity contribution in [3.05, 3.63) is 29.9 Å². The molecule has 2 aliphatic rings. The highest BCUT2D eigenvalue weighted by molar-refractivity contribution is 5.30. The molecule has 0 N–H and O–H groups in total. The Morgan fingerprint density at radius 2 is 1.77 bits per heavy atom. The summed E-state index contributed by atoms with van der Waals surface area (Å²) in [4.78, 5) is 12.6. The third-order valence-electron chi connectivity index (χ3n) is 5.22. The first-order valence-corrected chi connectivity index (χ1v) is 9.11. The highest BCUT2D eigenvalue weighted by atomic mass is 19.1. The standard InChI is InChI=1S/C17H24FN7O/c1-23-15(12-24-6-8-26-9-7-24)21-22-16(23)13-2-4-25(5-3-13)17-19-10-14(18)11-20-17/h10-11,13H,2-9,12H2,1H3. The summed E-state index contributed by atoms with van der Waals surface area (Å²) in [5.41, 5.74) is 0. The molecule has 2 aliphatic heterocycles. The van der Waals surface area contributed by atoms with Crippen LogP contribution in [0.25, 0.3) is 0 Å². The van der Waals surface area contributed by atoms with Gasteiger partial charge in [-0.05, 0) is 12.8 Å². The second-order valence-corrected chi connectivity index (χ2v) is 6.88. The molecule has 2 saturated heterocycles. The predicted molar refractivity (Wildman–Crippen MR) is 93.3 cm³/mol. The summed E-state index contributed by atoms with van der Waals surface area (Å²) in [5.74, 6) is 2.62. The van der Waals surface area contributed by atoms with Gasteiger partial charge in [-0.15, -0.1) is 10.2 Å². The molecule has 2 aromatic rings. The van der Waals surface area contributed by atoms with Crippen LogP contribution in [0.2, 0.25) is 0 Å². The molecule has 0 aromatic carbocycles. The van der Waals surface area contributed by atoms with Crippen LogP contribution in [0.3, 0.4) is 0 Å². The van der Waals surface area contributed by atoms with E-state index in [1.807, 2.05) is 0 Å². The lowest BCUT2D eigenvalue weighted by atomic mass is 9.96. The molecule has 2 aromatic heterocycles. The van der Waals surface area contributed by atoms with Crippen molar-refractivity contribution >= 4 is 5.95 Å². The first-order chi connectivity index (χ1) is 12.7. The fraction of sp³-hybridized carbons (Fsp3) is 0.647. The van der Waals surface area contributed by atoms with E-state index in [1.54, 1.807) is 0 Å². The number of ether oxygens (including phenoxy) is 1. The van der Waals surface area contributed by atoms with Gasteiger partial charge in [0.1, 0.15) is 11.6 Å². The zero-order valence-electron chi connectivity index (χ0n) is 15.0. The van der Waals surface area contributed by atoms with Gasteiger partial charge < -0.3 is 14.2 Å². The minimum atomic E-state index is -0.407. The van der Waals surface area contributed by atoms with Crippen LogP contribution in [-0.2, 0) is 18.3 Å². The van der Waals surface area contributed by atoms with Crippen LogP contribution in [0, 0.1) is 5.82 Å². The Bertz CT molecular complexity index is 721. The summed E-state index contributed by atoms with van der Waals surface area (Å²) in [6.45, 7) is 5.94. The van der Waals surface area contributed by atoms with Crippen molar-refractivity contribution in [2.75, 3.05) is 44.3 Å². The molecule has 0 spiro atoms. The monoisotopic (exact) mass is 361 g/mol. The van der Waals surface area contributed by atoms with Crippen LogP contribution >= 0.6 is 0 Å². The predicted octanol–water partition coefficient (Wildman–Crippen LogP) is 0.960. The molecule has 9 heteroatoms. The summed E-state index contributed by atoms with van der Waals surface area (Å²) >= 11 is 0. The zero-order chi connectivity index (χ0) is 17.9. The first-order valence-electron chi connectivity index (χ1n) is 9.11. The van der Waals surface area contributed by atoms with E-state index in [0.29, 0.717) is 11.9 Å². The number of aromatic nitrogens is 5. The molecule has 0 bridgehead atoms. The molecule has 8 nitrogen and oxygen atoms in total. The van der Waals surface area contributed by atoms with Crippen molar-refractivity contribution < 1.29 is 9.13 Å². The summed E-state index contributed by atoms with van der Waals surface area (Å²) in [6, 6.07) is 0. The molecular formula is C17H24FN7O. The van der Waals surface area contributed by atoms with Gasteiger partial charge in [0.2, 0.25) is 5.95 Å². The highest BCUT2D eigenvalue weighted by Gasteiger charge is 2.26. The molecular weight excluding hydrogens is 337 g/mol. The second kappa shape index (κ2) is 7.63. The minimum absolute atomic E-state index is 0.377. The molecule has 4 heterocycles. The molecule has 0 amide bonds. The Balaban J connectivity index is 1.37. The summed E-state index contributed by atoms with van der Waals surface area (Å²) in [6.07, 6.45) is 4.36. The molecule has 0 unspecified atom stereocenters. The third-order valence-corrected chi connectivity index (χ3v) is 5.22. The minimum Gasteiger partial charge on any atom is -0.379 e. The number of nitrogens with zero attached hydrogens (tertiary/aromatic N) is 7. The molecule has 4 rings (SSSR count). The van der Waals surface area contributed by atoms with Crippen molar-refractivity contribution in [3.63, 3.8) is 0 Å². The quantitative estimate of drug-likeness (QED) is 0.803. The largest absolute Gasteiger partial charge is 0.379 e. The van der Waals surface area contributed by atoms with E-state index in [-0.39, 0.29) is 0 Å². The van der Waals surface area contributed by atoms with Crippen molar-refractivity contribution in [3.8, 4) is 0 Å². The topological polar surface area (TPSA) is 72.2 Å². The maximum atomic E-state index is 13.0. The third kappa shape index (κ3) is 3.68. The lowest BCUT2D eigenvalue weighted by Gasteiger charge is -2.31. The van der Waals surface area contributed by atoms with E-state index in [1.165, 1.54) is 12.4 Å². The molecule has 0 saturated carbocycles. The summed E-state index contributed by atoms with van der Waals surface area (Å²) < 4.78 is 20.5. The molecule has 0 radical (unpaired) electrons. The summed E-state index contributed by atoms with van der Waals surface area (Å²) in [5, 5.41) is 8.89. The second-order valence-electron chi connectivity index (χ2n) is 6.88. The van der Waals surface area contributed by atoms with E-state index in [4.69, 9.17) is 4.74 Å². The van der Waals surface area contributed by atoms with Gasteiger partial charge in [0, 0.05) is 39.1 Å². The van der Waals surface area contributed by atoms with Gasteiger partial charge in [0.15, 0.2) is 5.82 Å². The molecule has 140 valence electrons. The number of hydrogen-bond donors (Lipinski definition) is 0. The fourth-order valence-corrected chi connectivity index (χ4v) is 3.63. The number of hydrogen-bond acceptors (Lipinski definition) is 7. The number of anilines is 1. The zero-order valence-corrected chi connectivity index (χ0v) is 15.0. The van der Waals surface area contributed by atoms with Gasteiger partial charge in [-0.3, -0.25) is 4.90 Å². The first kappa shape index (κ1) is 17.3. The number of halogens is 1. The van der Waals surface area contributed by atoms with Gasteiger partial charge in [-0.25, -0.2) is 14.4 Å². The molecule has 0 atom stereocenters. The number of morpholine rings is 1. The lowest BCUT2D eigenvalue weighted by Crippen LogP contribution is -2.36. The number of rotatable bonds is 4. The van der Waals surface area contributed by atoms with Crippen LogP contribution in [0.15, 0.2) is 12.4 Å². The van der Waals surface area contributed by atoms with Crippen LogP contribution in [0.1, 0.15) is 30.4 Å². The van der Waals surface area contributed by atoms with Crippen molar-refractivity contribution in [2.24, 2.45) is 7.05 Å². The maximum absolute atomic E-state index is 13.0. The Morgan fingerprint density at radius 1 is 1.08 bits per heavy atom. The maximum Gasteiger partial charge on any atom is 0.225 e. The average molecular weight is 361 g/mol. The van der Waals surface area contributed by atoms with Crippen molar-refractivity contribution in [1.82, 2.24) is 29.6 Å². The van der Waals surface area contributed by atoms with E-state index in [2.05, 4.69) is 41.6 Å². The Hall–Kier alpha value is -2.13. The Morgan fingerprint density at radius 3 is 2.46 bits per heavy atom. The van der Waals surface area contributed by atoms with Crippen LogP contribution in [0.4, 0.5) is 10.3 Å². The van der Waals surface area contributed by atoms with Gasteiger partial charge >= 0.3 is 0 Å². The van der Waals surface area contributed by atoms with Crippen LogP contribution in [-0.4, -0.2) is 69.0 Å². The smallest absolute Gasteiger partial charge is 0.225 e.